The SMILES string of the molecule is COc1cccc(/C=C(/C#N)C(=O)N2CCCC(C(N)=O)C2)c1. The Labute approximate surface area is 135 Å². The molecule has 0 saturated carbocycles. The van der Waals surface area contributed by atoms with E-state index in [1.165, 1.54) is 11.0 Å². The van der Waals surface area contributed by atoms with Crippen molar-refractivity contribution in [2.75, 3.05) is 20.2 Å². The van der Waals surface area contributed by atoms with Crippen LogP contribution in [0.4, 0.5) is 0 Å². The molecule has 1 aliphatic heterocycles. The third-order valence-electron chi connectivity index (χ3n) is 3.87. The van der Waals surface area contributed by atoms with Gasteiger partial charge in [0.2, 0.25) is 5.91 Å². The van der Waals surface area contributed by atoms with Crippen LogP contribution < -0.4 is 10.5 Å². The van der Waals surface area contributed by atoms with Gasteiger partial charge in [-0.05, 0) is 36.6 Å². The molecule has 1 aliphatic rings. The molecule has 0 aromatic heterocycles. The number of likely N-dealkylation sites (tertiary alicyclic amines) is 1. The fourth-order valence-electron chi connectivity index (χ4n) is 2.60. The second-order valence-electron chi connectivity index (χ2n) is 5.44. The molecule has 6 nitrogen and oxygen atoms in total. The van der Waals surface area contributed by atoms with E-state index in [0.29, 0.717) is 30.7 Å². The zero-order valence-corrected chi connectivity index (χ0v) is 13.0. The van der Waals surface area contributed by atoms with Crippen LogP contribution in [-0.4, -0.2) is 36.9 Å². The minimum atomic E-state index is -0.405. The van der Waals surface area contributed by atoms with Crippen LogP contribution in [0.1, 0.15) is 18.4 Å². The molecule has 2 N–H and O–H groups in total. The van der Waals surface area contributed by atoms with Crippen LogP contribution in [0, 0.1) is 17.2 Å². The van der Waals surface area contributed by atoms with Crippen LogP contribution in [0.25, 0.3) is 6.08 Å². The molecule has 0 bridgehead atoms. The van der Waals surface area contributed by atoms with Gasteiger partial charge in [0.1, 0.15) is 17.4 Å². The predicted molar refractivity (Wildman–Crippen MR) is 85.1 cm³/mol. The summed E-state index contributed by atoms with van der Waals surface area (Å²) in [6.45, 7) is 0.797. The Morgan fingerprint density at radius 3 is 2.91 bits per heavy atom. The van der Waals surface area contributed by atoms with E-state index >= 15 is 0 Å². The molecule has 2 amide bonds. The van der Waals surface area contributed by atoms with Crippen molar-refractivity contribution in [1.29, 1.82) is 5.26 Å². The highest BCUT2D eigenvalue weighted by Gasteiger charge is 2.28. The Balaban J connectivity index is 2.19. The molecule has 1 aromatic carbocycles. The van der Waals surface area contributed by atoms with Gasteiger partial charge in [0.25, 0.3) is 5.91 Å². The fourth-order valence-corrected chi connectivity index (χ4v) is 2.60. The van der Waals surface area contributed by atoms with Crippen molar-refractivity contribution in [2.45, 2.75) is 12.8 Å². The normalized spacial score (nSPS) is 18.2. The number of ether oxygens (including phenoxy) is 1. The van der Waals surface area contributed by atoms with Crippen LogP contribution in [0.5, 0.6) is 5.75 Å². The molecule has 1 unspecified atom stereocenters. The standard InChI is InChI=1S/C17H19N3O3/c1-23-15-6-2-4-12(9-15)8-14(10-18)17(22)20-7-3-5-13(11-20)16(19)21/h2,4,6,8-9,13H,3,5,7,11H2,1H3,(H2,19,21)/b14-8-. The Morgan fingerprint density at radius 1 is 1.48 bits per heavy atom. The van der Waals surface area contributed by atoms with Gasteiger partial charge in [0, 0.05) is 13.1 Å². The van der Waals surface area contributed by atoms with Crippen molar-refractivity contribution in [2.24, 2.45) is 11.7 Å². The van der Waals surface area contributed by atoms with Gasteiger partial charge >= 0.3 is 0 Å². The topological polar surface area (TPSA) is 96.4 Å². The van der Waals surface area contributed by atoms with Crippen molar-refractivity contribution in [3.8, 4) is 11.8 Å². The number of hydrogen-bond donors (Lipinski definition) is 1. The minimum Gasteiger partial charge on any atom is -0.497 e. The molecule has 1 aromatic rings. The molecule has 120 valence electrons. The number of carbonyl (C=O) groups is 2. The lowest BCUT2D eigenvalue weighted by Gasteiger charge is -2.31. The average Bonchev–Trinajstić information content (AvgIpc) is 2.59. The molecule has 6 heteroatoms. The van der Waals surface area contributed by atoms with Crippen LogP contribution in [0.15, 0.2) is 29.8 Å². The number of amides is 2. The lowest BCUT2D eigenvalue weighted by Crippen LogP contribution is -2.44. The quantitative estimate of drug-likeness (QED) is 0.670. The van der Waals surface area contributed by atoms with E-state index < -0.39 is 5.91 Å². The van der Waals surface area contributed by atoms with Gasteiger partial charge in [-0.3, -0.25) is 9.59 Å². The van der Waals surface area contributed by atoms with Crippen molar-refractivity contribution >= 4 is 17.9 Å². The van der Waals surface area contributed by atoms with Crippen LogP contribution in [0.3, 0.4) is 0 Å². The second kappa shape index (κ2) is 7.45. The monoisotopic (exact) mass is 313 g/mol. The number of hydrogen-bond acceptors (Lipinski definition) is 4. The number of nitrogens with zero attached hydrogens (tertiary/aromatic N) is 2. The first-order valence-electron chi connectivity index (χ1n) is 7.39. The number of rotatable bonds is 4. The zero-order valence-electron chi connectivity index (χ0n) is 13.0. The molecule has 1 atom stereocenters. The van der Waals surface area contributed by atoms with Gasteiger partial charge < -0.3 is 15.4 Å². The molecule has 1 fully saturated rings. The van der Waals surface area contributed by atoms with E-state index in [0.717, 1.165) is 0 Å². The molecule has 2 rings (SSSR count). The molecule has 23 heavy (non-hydrogen) atoms. The highest BCUT2D eigenvalue weighted by molar-refractivity contribution is 6.02. The molecular weight excluding hydrogens is 294 g/mol. The zero-order chi connectivity index (χ0) is 16.8. The number of primary amides is 1. The van der Waals surface area contributed by atoms with Gasteiger partial charge in [-0.25, -0.2) is 0 Å². The van der Waals surface area contributed by atoms with E-state index in [1.807, 2.05) is 6.07 Å². The molecule has 1 heterocycles. The number of benzene rings is 1. The molecule has 0 radical (unpaired) electrons. The number of nitrogens with two attached hydrogens (primary N) is 1. The number of piperidine rings is 1. The maximum absolute atomic E-state index is 12.5. The fraction of sp³-hybridized carbons (Fsp3) is 0.353. The Kier molecular flexibility index (Phi) is 5.36. The molecule has 1 saturated heterocycles. The summed E-state index contributed by atoms with van der Waals surface area (Å²) >= 11 is 0. The highest BCUT2D eigenvalue weighted by Crippen LogP contribution is 2.20. The summed E-state index contributed by atoms with van der Waals surface area (Å²) in [4.78, 5) is 25.3. The molecule has 0 spiro atoms. The van der Waals surface area contributed by atoms with Crippen molar-refractivity contribution in [1.82, 2.24) is 4.90 Å². The van der Waals surface area contributed by atoms with E-state index in [4.69, 9.17) is 10.5 Å². The second-order valence-corrected chi connectivity index (χ2v) is 5.44. The van der Waals surface area contributed by atoms with E-state index in [-0.39, 0.29) is 23.9 Å². The Bertz CT molecular complexity index is 676. The van der Waals surface area contributed by atoms with E-state index in [1.54, 1.807) is 31.4 Å². The lowest BCUT2D eigenvalue weighted by molar-refractivity contribution is -0.131. The lowest BCUT2D eigenvalue weighted by atomic mass is 9.97. The summed E-state index contributed by atoms with van der Waals surface area (Å²) in [5, 5.41) is 9.30. The Morgan fingerprint density at radius 2 is 2.26 bits per heavy atom. The number of carbonyl (C=O) groups excluding carboxylic acids is 2. The van der Waals surface area contributed by atoms with Crippen molar-refractivity contribution in [3.05, 3.63) is 35.4 Å². The smallest absolute Gasteiger partial charge is 0.264 e. The number of methoxy groups -OCH3 is 1. The van der Waals surface area contributed by atoms with Crippen LogP contribution in [0.2, 0.25) is 0 Å². The van der Waals surface area contributed by atoms with Gasteiger partial charge in [0.05, 0.1) is 13.0 Å². The average molecular weight is 313 g/mol. The summed E-state index contributed by atoms with van der Waals surface area (Å²) < 4.78 is 5.13. The van der Waals surface area contributed by atoms with E-state index in [2.05, 4.69) is 0 Å². The van der Waals surface area contributed by atoms with Crippen LogP contribution >= 0.6 is 0 Å². The van der Waals surface area contributed by atoms with Crippen molar-refractivity contribution in [3.63, 3.8) is 0 Å². The van der Waals surface area contributed by atoms with Gasteiger partial charge in [-0.1, -0.05) is 12.1 Å². The van der Waals surface area contributed by atoms with E-state index in [9.17, 15) is 14.9 Å². The third kappa shape index (κ3) is 4.10. The first-order chi connectivity index (χ1) is 11.0. The largest absolute Gasteiger partial charge is 0.497 e. The number of nitriles is 1. The molecular formula is C17H19N3O3. The summed E-state index contributed by atoms with van der Waals surface area (Å²) in [5.74, 6) is -0.473. The minimum absolute atomic E-state index is 0.0309. The maximum Gasteiger partial charge on any atom is 0.264 e. The van der Waals surface area contributed by atoms with Gasteiger partial charge in [-0.15, -0.1) is 0 Å². The van der Waals surface area contributed by atoms with Crippen LogP contribution in [-0.2, 0) is 9.59 Å². The van der Waals surface area contributed by atoms with Gasteiger partial charge in [0.15, 0.2) is 0 Å². The predicted octanol–water partition coefficient (Wildman–Crippen LogP) is 1.33. The van der Waals surface area contributed by atoms with Crippen molar-refractivity contribution < 1.29 is 14.3 Å². The summed E-state index contributed by atoms with van der Waals surface area (Å²) in [6.07, 6.45) is 2.91. The van der Waals surface area contributed by atoms with Gasteiger partial charge in [-0.2, -0.15) is 5.26 Å². The summed E-state index contributed by atoms with van der Waals surface area (Å²) in [7, 11) is 1.55. The maximum atomic E-state index is 12.5. The Hall–Kier alpha value is -2.81. The first kappa shape index (κ1) is 16.6. The molecule has 0 aliphatic carbocycles. The third-order valence-corrected chi connectivity index (χ3v) is 3.87. The summed E-state index contributed by atoms with van der Waals surface area (Å²) in [6, 6.07) is 9.04. The highest BCUT2D eigenvalue weighted by atomic mass is 16.5. The first-order valence-corrected chi connectivity index (χ1v) is 7.39. The summed E-state index contributed by atoms with van der Waals surface area (Å²) in [5.41, 5.74) is 6.06.